The van der Waals surface area contributed by atoms with Crippen LogP contribution in [-0.2, 0) is 4.74 Å². The van der Waals surface area contributed by atoms with Crippen LogP contribution >= 0.6 is 0 Å². The number of nitrogens with zero attached hydrogens (tertiary/aromatic N) is 1. The molecule has 0 aromatic carbocycles. The summed E-state index contributed by atoms with van der Waals surface area (Å²) in [6.45, 7) is 8.32. The normalized spacial score (nSPS) is 37.7. The molecule has 3 atom stereocenters. The molecule has 106 valence electrons. The molecule has 1 heterocycles. The minimum Gasteiger partial charge on any atom is -0.394 e. The van der Waals surface area contributed by atoms with Crippen molar-refractivity contribution in [1.82, 2.24) is 4.90 Å². The van der Waals surface area contributed by atoms with Crippen LogP contribution in [0.4, 0.5) is 0 Å². The fraction of sp³-hybridized carbons (Fsp3) is 1.00. The first kappa shape index (κ1) is 14.3. The highest BCUT2D eigenvalue weighted by Gasteiger charge is 2.37. The first-order valence-electron chi connectivity index (χ1n) is 7.23. The Labute approximate surface area is 110 Å². The molecule has 3 N–H and O–H groups in total. The summed E-state index contributed by atoms with van der Waals surface area (Å²) >= 11 is 0. The van der Waals surface area contributed by atoms with E-state index < -0.39 is 0 Å². The van der Waals surface area contributed by atoms with Gasteiger partial charge in [0.15, 0.2) is 0 Å². The summed E-state index contributed by atoms with van der Waals surface area (Å²) in [5.41, 5.74) is 6.70. The Morgan fingerprint density at radius 3 is 2.94 bits per heavy atom. The maximum Gasteiger partial charge on any atom is 0.0932 e. The second-order valence-corrected chi connectivity index (χ2v) is 6.60. The van der Waals surface area contributed by atoms with Gasteiger partial charge in [-0.05, 0) is 24.2 Å². The summed E-state index contributed by atoms with van der Waals surface area (Å²) in [5, 5.41) is 9.17. The minimum atomic E-state index is -0.00780. The summed E-state index contributed by atoms with van der Waals surface area (Å²) in [6, 6.07) is 0.293. The Bertz CT molecular complexity index is 271. The molecule has 0 bridgehead atoms. The lowest BCUT2D eigenvalue weighted by atomic mass is 9.68. The van der Waals surface area contributed by atoms with Gasteiger partial charge in [-0.15, -0.1) is 0 Å². The molecule has 0 spiro atoms. The molecule has 2 aliphatic rings. The maximum atomic E-state index is 9.17. The molecule has 1 saturated carbocycles. The predicted molar refractivity (Wildman–Crippen MR) is 72.4 cm³/mol. The zero-order chi connectivity index (χ0) is 13.2. The van der Waals surface area contributed by atoms with Crippen molar-refractivity contribution in [3.63, 3.8) is 0 Å². The van der Waals surface area contributed by atoms with Crippen molar-refractivity contribution in [1.29, 1.82) is 0 Å². The van der Waals surface area contributed by atoms with E-state index in [0.717, 1.165) is 26.2 Å². The van der Waals surface area contributed by atoms with Crippen molar-refractivity contribution in [2.45, 2.75) is 45.3 Å². The van der Waals surface area contributed by atoms with E-state index in [1.54, 1.807) is 0 Å². The van der Waals surface area contributed by atoms with Gasteiger partial charge in [0.1, 0.15) is 0 Å². The van der Waals surface area contributed by atoms with E-state index in [-0.39, 0.29) is 18.1 Å². The van der Waals surface area contributed by atoms with Crippen LogP contribution in [-0.4, -0.2) is 55.0 Å². The third-order valence-corrected chi connectivity index (χ3v) is 4.73. The van der Waals surface area contributed by atoms with Crippen LogP contribution in [0.5, 0.6) is 0 Å². The highest BCUT2D eigenvalue weighted by molar-refractivity contribution is 4.92. The SMILES string of the molecule is CC1(C)CCCC(CN2CCOC(CO)C2)C1N. The third kappa shape index (κ3) is 3.23. The van der Waals surface area contributed by atoms with Gasteiger partial charge >= 0.3 is 0 Å². The number of aliphatic hydroxyl groups excluding tert-OH is 1. The van der Waals surface area contributed by atoms with Gasteiger partial charge in [0, 0.05) is 25.7 Å². The molecule has 1 aliphatic heterocycles. The molecule has 4 nitrogen and oxygen atoms in total. The van der Waals surface area contributed by atoms with Gasteiger partial charge in [0.2, 0.25) is 0 Å². The van der Waals surface area contributed by atoms with Gasteiger partial charge in [-0.3, -0.25) is 4.90 Å². The number of aliphatic hydroxyl groups is 1. The average Bonchev–Trinajstić information content (AvgIpc) is 2.35. The molecule has 0 radical (unpaired) electrons. The largest absolute Gasteiger partial charge is 0.394 e. The highest BCUT2D eigenvalue weighted by atomic mass is 16.5. The molecule has 0 amide bonds. The average molecular weight is 256 g/mol. The number of hydrogen-bond acceptors (Lipinski definition) is 4. The van der Waals surface area contributed by atoms with Crippen LogP contribution in [0.3, 0.4) is 0 Å². The number of nitrogens with two attached hydrogens (primary N) is 1. The van der Waals surface area contributed by atoms with Gasteiger partial charge in [0.25, 0.3) is 0 Å². The second-order valence-electron chi connectivity index (χ2n) is 6.60. The topological polar surface area (TPSA) is 58.7 Å². The van der Waals surface area contributed by atoms with Crippen LogP contribution in [0.2, 0.25) is 0 Å². The predicted octanol–water partition coefficient (Wildman–Crippen LogP) is 0.833. The smallest absolute Gasteiger partial charge is 0.0932 e. The Hall–Kier alpha value is -0.160. The van der Waals surface area contributed by atoms with Crippen molar-refractivity contribution in [3.05, 3.63) is 0 Å². The molecule has 2 fully saturated rings. The number of ether oxygens (including phenoxy) is 1. The fourth-order valence-corrected chi connectivity index (χ4v) is 3.40. The van der Waals surface area contributed by atoms with Crippen LogP contribution < -0.4 is 5.73 Å². The molecule has 0 aromatic rings. The third-order valence-electron chi connectivity index (χ3n) is 4.73. The summed E-state index contributed by atoms with van der Waals surface area (Å²) < 4.78 is 5.49. The molecule has 1 aliphatic carbocycles. The van der Waals surface area contributed by atoms with Gasteiger partial charge in [-0.1, -0.05) is 20.3 Å². The molecule has 3 unspecified atom stereocenters. The lowest BCUT2D eigenvalue weighted by Crippen LogP contribution is -2.53. The zero-order valence-corrected chi connectivity index (χ0v) is 11.8. The maximum absolute atomic E-state index is 9.17. The second kappa shape index (κ2) is 5.87. The molecule has 2 rings (SSSR count). The van der Waals surface area contributed by atoms with E-state index in [0.29, 0.717) is 12.0 Å². The number of morpholine rings is 1. The van der Waals surface area contributed by atoms with Crippen molar-refractivity contribution in [3.8, 4) is 0 Å². The standard InChI is InChI=1S/C14H28N2O2/c1-14(2)5-3-4-11(13(14)15)8-16-6-7-18-12(9-16)10-17/h11-13,17H,3-10,15H2,1-2H3. The lowest BCUT2D eigenvalue weighted by molar-refractivity contribution is -0.0602. The summed E-state index contributed by atoms with van der Waals surface area (Å²) in [7, 11) is 0. The number of hydrogen-bond donors (Lipinski definition) is 2. The fourth-order valence-electron chi connectivity index (χ4n) is 3.40. The first-order chi connectivity index (χ1) is 8.53. The van der Waals surface area contributed by atoms with E-state index in [1.807, 2.05) is 0 Å². The van der Waals surface area contributed by atoms with Crippen LogP contribution in [0.1, 0.15) is 33.1 Å². The molecular weight excluding hydrogens is 228 g/mol. The Balaban J connectivity index is 1.88. The van der Waals surface area contributed by atoms with Gasteiger partial charge < -0.3 is 15.6 Å². The Kier molecular flexibility index (Phi) is 4.64. The van der Waals surface area contributed by atoms with E-state index in [4.69, 9.17) is 10.5 Å². The van der Waals surface area contributed by atoms with Gasteiger partial charge in [-0.2, -0.15) is 0 Å². The Morgan fingerprint density at radius 2 is 2.22 bits per heavy atom. The van der Waals surface area contributed by atoms with E-state index in [9.17, 15) is 5.11 Å². The van der Waals surface area contributed by atoms with E-state index in [1.165, 1.54) is 19.3 Å². The van der Waals surface area contributed by atoms with Gasteiger partial charge in [-0.25, -0.2) is 0 Å². The molecule has 0 aromatic heterocycles. The van der Waals surface area contributed by atoms with E-state index in [2.05, 4.69) is 18.7 Å². The van der Waals surface area contributed by atoms with Gasteiger partial charge in [0.05, 0.1) is 19.3 Å². The monoisotopic (exact) mass is 256 g/mol. The zero-order valence-electron chi connectivity index (χ0n) is 11.8. The van der Waals surface area contributed by atoms with Crippen molar-refractivity contribution in [2.75, 3.05) is 32.8 Å². The molecule has 4 heteroatoms. The van der Waals surface area contributed by atoms with Crippen molar-refractivity contribution < 1.29 is 9.84 Å². The number of rotatable bonds is 3. The van der Waals surface area contributed by atoms with Crippen LogP contribution in [0.25, 0.3) is 0 Å². The van der Waals surface area contributed by atoms with Crippen LogP contribution in [0, 0.1) is 11.3 Å². The highest BCUT2D eigenvalue weighted by Crippen LogP contribution is 2.38. The quantitative estimate of drug-likeness (QED) is 0.785. The first-order valence-corrected chi connectivity index (χ1v) is 7.23. The Morgan fingerprint density at radius 1 is 1.44 bits per heavy atom. The minimum absolute atomic E-state index is 0.00780. The summed E-state index contributed by atoms with van der Waals surface area (Å²) in [5.74, 6) is 0.589. The van der Waals surface area contributed by atoms with Crippen molar-refractivity contribution in [2.24, 2.45) is 17.1 Å². The molecule has 18 heavy (non-hydrogen) atoms. The molecular formula is C14H28N2O2. The van der Waals surface area contributed by atoms with Crippen LogP contribution in [0.15, 0.2) is 0 Å². The summed E-state index contributed by atoms with van der Waals surface area (Å²) in [6.07, 6.45) is 3.77. The lowest BCUT2D eigenvalue weighted by Gasteiger charge is -2.44. The van der Waals surface area contributed by atoms with E-state index >= 15 is 0 Å². The summed E-state index contributed by atoms with van der Waals surface area (Å²) in [4.78, 5) is 2.41. The van der Waals surface area contributed by atoms with Crippen molar-refractivity contribution >= 4 is 0 Å². The molecule has 1 saturated heterocycles.